The number of aryl methyl sites for hydroxylation is 1. The highest BCUT2D eigenvalue weighted by molar-refractivity contribution is 7.91. The number of hydrogen-bond acceptors (Lipinski definition) is 4. The minimum Gasteiger partial charge on any atom is -0.394 e. The van der Waals surface area contributed by atoms with E-state index in [-0.39, 0.29) is 12.5 Å². The van der Waals surface area contributed by atoms with Gasteiger partial charge in [0, 0.05) is 12.2 Å². The Morgan fingerprint density at radius 1 is 1.35 bits per heavy atom. The van der Waals surface area contributed by atoms with Crippen molar-refractivity contribution in [3.63, 3.8) is 0 Å². The molecule has 3 N–H and O–H groups in total. The van der Waals surface area contributed by atoms with Crippen molar-refractivity contribution in [2.45, 2.75) is 23.6 Å². The SMILES string of the molecule is Cc1ccc([C@@H]2[C@H](S(C)(=O)=O)[C@@]2(N)CO)cc1. The number of aliphatic hydroxyl groups is 1. The van der Waals surface area contributed by atoms with Gasteiger partial charge in [-0.25, -0.2) is 8.42 Å². The highest BCUT2D eigenvalue weighted by atomic mass is 32.2. The summed E-state index contributed by atoms with van der Waals surface area (Å²) in [7, 11) is -3.24. The van der Waals surface area contributed by atoms with Crippen molar-refractivity contribution < 1.29 is 13.5 Å². The van der Waals surface area contributed by atoms with Crippen molar-refractivity contribution in [1.29, 1.82) is 0 Å². The number of sulfone groups is 1. The Kier molecular flexibility index (Phi) is 2.80. The maximum atomic E-state index is 11.6. The van der Waals surface area contributed by atoms with Gasteiger partial charge in [-0.2, -0.15) is 0 Å². The van der Waals surface area contributed by atoms with E-state index in [1.807, 2.05) is 31.2 Å². The Hall–Kier alpha value is -0.910. The van der Waals surface area contributed by atoms with Gasteiger partial charge in [0.25, 0.3) is 0 Å². The van der Waals surface area contributed by atoms with Gasteiger partial charge in [-0.05, 0) is 12.5 Å². The third kappa shape index (κ3) is 1.99. The molecule has 94 valence electrons. The van der Waals surface area contributed by atoms with E-state index in [4.69, 9.17) is 5.73 Å². The van der Waals surface area contributed by atoms with Crippen molar-refractivity contribution in [2.24, 2.45) is 5.73 Å². The molecule has 1 aliphatic carbocycles. The van der Waals surface area contributed by atoms with Crippen LogP contribution in [0, 0.1) is 6.92 Å². The maximum absolute atomic E-state index is 11.6. The topological polar surface area (TPSA) is 80.4 Å². The molecule has 2 rings (SSSR count). The lowest BCUT2D eigenvalue weighted by molar-refractivity contribution is 0.253. The summed E-state index contributed by atoms with van der Waals surface area (Å²) in [4.78, 5) is 0. The molecule has 1 aromatic rings. The molecule has 0 spiro atoms. The molecule has 0 radical (unpaired) electrons. The molecule has 5 heteroatoms. The molecule has 0 aliphatic heterocycles. The summed E-state index contributed by atoms with van der Waals surface area (Å²) >= 11 is 0. The van der Waals surface area contributed by atoms with Crippen LogP contribution in [0.25, 0.3) is 0 Å². The highest BCUT2D eigenvalue weighted by Gasteiger charge is 2.67. The number of aliphatic hydroxyl groups excluding tert-OH is 1. The van der Waals surface area contributed by atoms with Gasteiger partial charge < -0.3 is 10.8 Å². The third-order valence-electron chi connectivity index (χ3n) is 3.47. The van der Waals surface area contributed by atoms with Crippen LogP contribution in [-0.2, 0) is 9.84 Å². The third-order valence-corrected chi connectivity index (χ3v) is 5.11. The predicted molar refractivity (Wildman–Crippen MR) is 66.6 cm³/mol. The molecular formula is C12H17NO3S. The lowest BCUT2D eigenvalue weighted by Gasteiger charge is -2.06. The van der Waals surface area contributed by atoms with Crippen LogP contribution in [0.3, 0.4) is 0 Å². The zero-order valence-corrected chi connectivity index (χ0v) is 10.7. The standard InChI is InChI=1S/C12H17NO3S/c1-8-3-5-9(6-4-8)10-11(17(2,15)16)12(10,13)7-14/h3-6,10-11,14H,7,13H2,1-2H3/t10-,11+,12-/m1/s1. The van der Waals surface area contributed by atoms with Crippen LogP contribution in [0.4, 0.5) is 0 Å². The van der Waals surface area contributed by atoms with Crippen LogP contribution >= 0.6 is 0 Å². The lowest BCUT2D eigenvalue weighted by Crippen LogP contribution is -2.34. The molecule has 1 saturated carbocycles. The van der Waals surface area contributed by atoms with Crippen molar-refractivity contribution in [1.82, 2.24) is 0 Å². The summed E-state index contributed by atoms with van der Waals surface area (Å²) in [6.45, 7) is 1.65. The molecule has 1 fully saturated rings. The van der Waals surface area contributed by atoms with E-state index in [0.29, 0.717) is 0 Å². The first-order valence-corrected chi connectivity index (χ1v) is 7.41. The van der Waals surface area contributed by atoms with Gasteiger partial charge >= 0.3 is 0 Å². The van der Waals surface area contributed by atoms with Crippen LogP contribution in [-0.4, -0.2) is 37.2 Å². The number of nitrogens with two attached hydrogens (primary N) is 1. The molecule has 0 amide bonds. The van der Waals surface area contributed by atoms with E-state index in [9.17, 15) is 13.5 Å². The Morgan fingerprint density at radius 2 is 1.88 bits per heavy atom. The van der Waals surface area contributed by atoms with Gasteiger partial charge in [0.2, 0.25) is 0 Å². The second-order valence-electron chi connectivity index (χ2n) is 4.91. The average molecular weight is 255 g/mol. The molecule has 3 atom stereocenters. The first-order chi connectivity index (χ1) is 7.80. The fourth-order valence-corrected chi connectivity index (χ4v) is 4.36. The van der Waals surface area contributed by atoms with Crippen molar-refractivity contribution in [3.8, 4) is 0 Å². The normalized spacial score (nSPS) is 32.5. The van der Waals surface area contributed by atoms with E-state index < -0.39 is 20.6 Å². The van der Waals surface area contributed by atoms with Crippen molar-refractivity contribution in [3.05, 3.63) is 35.4 Å². The van der Waals surface area contributed by atoms with Gasteiger partial charge in [0.15, 0.2) is 9.84 Å². The molecule has 17 heavy (non-hydrogen) atoms. The fraction of sp³-hybridized carbons (Fsp3) is 0.500. The molecule has 0 bridgehead atoms. The Morgan fingerprint density at radius 3 is 2.24 bits per heavy atom. The molecule has 4 nitrogen and oxygen atoms in total. The van der Waals surface area contributed by atoms with Crippen LogP contribution in [0.15, 0.2) is 24.3 Å². The van der Waals surface area contributed by atoms with Crippen LogP contribution in [0.5, 0.6) is 0 Å². The van der Waals surface area contributed by atoms with Crippen LogP contribution in [0.2, 0.25) is 0 Å². The molecule has 0 heterocycles. The smallest absolute Gasteiger partial charge is 0.152 e. The van der Waals surface area contributed by atoms with E-state index >= 15 is 0 Å². The minimum absolute atomic E-state index is 0.303. The van der Waals surface area contributed by atoms with E-state index in [2.05, 4.69) is 0 Å². The largest absolute Gasteiger partial charge is 0.394 e. The van der Waals surface area contributed by atoms with Crippen molar-refractivity contribution in [2.75, 3.05) is 12.9 Å². The Balaban J connectivity index is 2.37. The summed E-state index contributed by atoms with van der Waals surface area (Å²) in [5, 5.41) is 8.62. The average Bonchev–Trinajstić information content (AvgIpc) is 2.87. The number of benzene rings is 1. The lowest BCUT2D eigenvalue weighted by atomic mass is 10.1. The second-order valence-corrected chi connectivity index (χ2v) is 7.08. The second kappa shape index (κ2) is 3.80. The van der Waals surface area contributed by atoms with Crippen LogP contribution < -0.4 is 5.73 Å². The summed E-state index contributed by atoms with van der Waals surface area (Å²) in [5.41, 5.74) is 6.92. The highest BCUT2D eigenvalue weighted by Crippen LogP contribution is 2.53. The number of hydrogen-bond donors (Lipinski definition) is 2. The quantitative estimate of drug-likeness (QED) is 0.808. The van der Waals surface area contributed by atoms with E-state index in [1.54, 1.807) is 0 Å². The molecular weight excluding hydrogens is 238 g/mol. The molecule has 0 unspecified atom stereocenters. The molecule has 0 saturated heterocycles. The van der Waals surface area contributed by atoms with Gasteiger partial charge in [-0.3, -0.25) is 0 Å². The van der Waals surface area contributed by atoms with Gasteiger partial charge in [-0.1, -0.05) is 29.8 Å². The zero-order valence-electron chi connectivity index (χ0n) is 9.92. The molecule has 1 aliphatic rings. The van der Waals surface area contributed by atoms with Gasteiger partial charge in [0.05, 0.1) is 17.4 Å². The fourth-order valence-electron chi connectivity index (χ4n) is 2.52. The first-order valence-electron chi connectivity index (χ1n) is 5.46. The summed E-state index contributed by atoms with van der Waals surface area (Å²) in [6, 6.07) is 7.60. The summed E-state index contributed by atoms with van der Waals surface area (Å²) in [5.74, 6) is -0.303. The summed E-state index contributed by atoms with van der Waals surface area (Å²) in [6.07, 6.45) is 1.17. The Bertz CT molecular complexity index is 523. The maximum Gasteiger partial charge on any atom is 0.152 e. The zero-order chi connectivity index (χ0) is 12.8. The van der Waals surface area contributed by atoms with Crippen LogP contribution in [0.1, 0.15) is 17.0 Å². The molecule has 1 aromatic carbocycles. The first kappa shape index (κ1) is 12.5. The van der Waals surface area contributed by atoms with E-state index in [1.165, 1.54) is 6.26 Å². The summed E-state index contributed by atoms with van der Waals surface area (Å²) < 4.78 is 23.3. The van der Waals surface area contributed by atoms with Gasteiger partial charge in [-0.15, -0.1) is 0 Å². The van der Waals surface area contributed by atoms with Gasteiger partial charge in [0.1, 0.15) is 0 Å². The van der Waals surface area contributed by atoms with Crippen molar-refractivity contribution >= 4 is 9.84 Å². The molecule has 0 aromatic heterocycles. The predicted octanol–water partition coefficient (Wildman–Crippen LogP) is 0.195. The van der Waals surface area contributed by atoms with E-state index in [0.717, 1.165) is 11.1 Å². The number of rotatable bonds is 3. The minimum atomic E-state index is -3.24. The Labute approximate surface area is 101 Å². The monoisotopic (exact) mass is 255 g/mol.